The molecular weight excluding hydrogens is 273 g/mol. The van der Waals surface area contributed by atoms with E-state index in [0.717, 1.165) is 0 Å². The molecule has 2 N–H and O–H groups in total. The highest BCUT2D eigenvalue weighted by atomic mass is 19.1. The average Bonchev–Trinajstić information content (AvgIpc) is 2.47. The van der Waals surface area contributed by atoms with Gasteiger partial charge >= 0.3 is 0 Å². The highest BCUT2D eigenvalue weighted by Crippen LogP contribution is 2.24. The van der Waals surface area contributed by atoms with E-state index >= 15 is 0 Å². The fourth-order valence-electron chi connectivity index (χ4n) is 1.96. The summed E-state index contributed by atoms with van der Waals surface area (Å²) in [5.74, 6) is -0.293. The summed E-state index contributed by atoms with van der Waals surface area (Å²) >= 11 is 0. The zero-order valence-electron chi connectivity index (χ0n) is 11.5. The smallest absolute Gasteiger partial charge is 0.227 e. The van der Waals surface area contributed by atoms with Gasteiger partial charge in [0.1, 0.15) is 11.6 Å². The molecule has 0 heterocycles. The number of amides is 1. The predicted molar refractivity (Wildman–Crippen MR) is 77.6 cm³/mol. The zero-order valence-corrected chi connectivity index (χ0v) is 11.5. The fourth-order valence-corrected chi connectivity index (χ4v) is 1.96. The molecule has 0 spiro atoms. The molecule has 0 radical (unpaired) electrons. The van der Waals surface area contributed by atoms with Crippen LogP contribution in [0.4, 0.5) is 10.1 Å². The van der Waals surface area contributed by atoms with Crippen molar-refractivity contribution in [3.8, 4) is 5.75 Å². The van der Waals surface area contributed by atoms with Crippen LogP contribution in [0.25, 0.3) is 0 Å². The summed E-state index contributed by atoms with van der Waals surface area (Å²) < 4.78 is 18.2. The Morgan fingerprint density at radius 3 is 2.76 bits per heavy atom. The first kappa shape index (κ1) is 15.0. The van der Waals surface area contributed by atoms with Gasteiger partial charge in [0.25, 0.3) is 0 Å². The zero-order chi connectivity index (χ0) is 15.2. The summed E-state index contributed by atoms with van der Waals surface area (Å²) in [6, 6.07) is 12.5. The first-order chi connectivity index (χ1) is 10.1. The highest BCUT2D eigenvalue weighted by molar-refractivity contribution is 5.92. The molecule has 2 aromatic rings. The van der Waals surface area contributed by atoms with Gasteiger partial charge < -0.3 is 15.2 Å². The summed E-state index contributed by atoms with van der Waals surface area (Å²) in [6.45, 7) is 0. The third-order valence-electron chi connectivity index (χ3n) is 2.99. The number of nitrogens with one attached hydrogen (secondary N) is 1. The summed E-state index contributed by atoms with van der Waals surface area (Å²) in [5, 5.41) is 12.6. The monoisotopic (exact) mass is 289 g/mol. The number of aliphatic hydroxyl groups is 1. The molecule has 0 aliphatic rings. The van der Waals surface area contributed by atoms with Crippen LogP contribution in [0.3, 0.4) is 0 Å². The van der Waals surface area contributed by atoms with Gasteiger partial charge in [0.05, 0.1) is 25.3 Å². The summed E-state index contributed by atoms with van der Waals surface area (Å²) in [5.41, 5.74) is 0.890. The van der Waals surface area contributed by atoms with Gasteiger partial charge in [0.2, 0.25) is 5.91 Å². The van der Waals surface area contributed by atoms with E-state index < -0.39 is 11.9 Å². The molecule has 1 atom stereocenters. The van der Waals surface area contributed by atoms with Crippen molar-refractivity contribution in [1.29, 1.82) is 0 Å². The third kappa shape index (κ3) is 4.03. The molecule has 0 aliphatic carbocycles. The summed E-state index contributed by atoms with van der Waals surface area (Å²) in [6.07, 6.45) is -1.22. The number of para-hydroxylation sites is 2. The summed E-state index contributed by atoms with van der Waals surface area (Å²) in [7, 11) is 1.51. The second kappa shape index (κ2) is 6.85. The minimum atomic E-state index is -1.06. The number of hydrogen-bond donors (Lipinski definition) is 2. The minimum absolute atomic E-state index is 0.165. The summed E-state index contributed by atoms with van der Waals surface area (Å²) in [4.78, 5) is 11.9. The largest absolute Gasteiger partial charge is 0.495 e. The minimum Gasteiger partial charge on any atom is -0.495 e. The number of halogens is 1. The number of rotatable bonds is 5. The Morgan fingerprint density at radius 2 is 2.05 bits per heavy atom. The molecule has 0 fully saturated rings. The van der Waals surface area contributed by atoms with Crippen LogP contribution < -0.4 is 10.1 Å². The van der Waals surface area contributed by atoms with Crippen molar-refractivity contribution in [2.45, 2.75) is 12.5 Å². The van der Waals surface area contributed by atoms with E-state index in [1.54, 1.807) is 30.3 Å². The number of benzene rings is 2. The molecule has 110 valence electrons. The molecule has 21 heavy (non-hydrogen) atoms. The first-order valence-corrected chi connectivity index (χ1v) is 6.46. The molecule has 0 aromatic heterocycles. The molecule has 1 unspecified atom stereocenters. The van der Waals surface area contributed by atoms with E-state index in [0.29, 0.717) is 17.0 Å². The Kier molecular flexibility index (Phi) is 4.90. The number of anilines is 1. The molecule has 2 rings (SSSR count). The first-order valence-electron chi connectivity index (χ1n) is 6.46. The number of hydrogen-bond acceptors (Lipinski definition) is 3. The highest BCUT2D eigenvalue weighted by Gasteiger charge is 2.15. The van der Waals surface area contributed by atoms with E-state index in [4.69, 9.17) is 4.74 Å². The predicted octanol–water partition coefficient (Wildman–Crippen LogP) is 2.90. The lowest BCUT2D eigenvalue weighted by molar-refractivity contribution is -0.118. The lowest BCUT2D eigenvalue weighted by Crippen LogP contribution is -2.16. The van der Waals surface area contributed by atoms with Gasteiger partial charge in [-0.15, -0.1) is 0 Å². The van der Waals surface area contributed by atoms with E-state index in [1.807, 2.05) is 0 Å². The molecule has 0 saturated heterocycles. The molecule has 4 nitrogen and oxygen atoms in total. The quantitative estimate of drug-likeness (QED) is 0.889. The van der Waals surface area contributed by atoms with Gasteiger partial charge in [-0.3, -0.25) is 4.79 Å². The number of aliphatic hydroxyl groups excluding tert-OH is 1. The SMILES string of the molecule is COc1ccccc1NC(=O)CC(O)c1cccc(F)c1. The Labute approximate surface area is 122 Å². The maximum Gasteiger partial charge on any atom is 0.227 e. The molecule has 5 heteroatoms. The van der Waals surface area contributed by atoms with Crippen LogP contribution >= 0.6 is 0 Å². The Balaban J connectivity index is 2.01. The van der Waals surface area contributed by atoms with Crippen molar-refractivity contribution in [1.82, 2.24) is 0 Å². The average molecular weight is 289 g/mol. The van der Waals surface area contributed by atoms with Crippen LogP contribution in [0.1, 0.15) is 18.1 Å². The van der Waals surface area contributed by atoms with Crippen molar-refractivity contribution < 1.29 is 19.0 Å². The standard InChI is InChI=1S/C16H16FNO3/c1-21-15-8-3-2-7-13(15)18-16(20)10-14(19)11-5-4-6-12(17)9-11/h2-9,14,19H,10H2,1H3,(H,18,20). The topological polar surface area (TPSA) is 58.6 Å². The Bertz CT molecular complexity index is 630. The lowest BCUT2D eigenvalue weighted by atomic mass is 10.1. The normalized spacial score (nSPS) is 11.8. The van der Waals surface area contributed by atoms with Crippen LogP contribution in [-0.2, 0) is 4.79 Å². The fraction of sp³-hybridized carbons (Fsp3) is 0.188. The van der Waals surface area contributed by atoms with Gasteiger partial charge in [0.15, 0.2) is 0 Å². The van der Waals surface area contributed by atoms with Gasteiger partial charge in [-0.1, -0.05) is 24.3 Å². The maximum absolute atomic E-state index is 13.1. The number of carbonyl (C=O) groups is 1. The molecule has 0 saturated carbocycles. The number of ether oxygens (including phenoxy) is 1. The van der Waals surface area contributed by atoms with Gasteiger partial charge in [-0.25, -0.2) is 4.39 Å². The van der Waals surface area contributed by atoms with Crippen molar-refractivity contribution in [3.63, 3.8) is 0 Å². The van der Waals surface area contributed by atoms with Crippen LogP contribution in [-0.4, -0.2) is 18.1 Å². The van der Waals surface area contributed by atoms with E-state index in [9.17, 15) is 14.3 Å². The molecule has 1 amide bonds. The van der Waals surface area contributed by atoms with Gasteiger partial charge in [0, 0.05) is 0 Å². The van der Waals surface area contributed by atoms with Gasteiger partial charge in [-0.2, -0.15) is 0 Å². The Morgan fingerprint density at radius 1 is 1.29 bits per heavy atom. The second-order valence-electron chi connectivity index (χ2n) is 4.52. The van der Waals surface area contributed by atoms with E-state index in [-0.39, 0.29) is 12.3 Å². The number of carbonyl (C=O) groups excluding carboxylic acids is 1. The molecule has 0 bridgehead atoms. The van der Waals surface area contributed by atoms with Crippen LogP contribution in [0, 0.1) is 5.82 Å². The Hall–Kier alpha value is -2.40. The molecule has 0 aliphatic heterocycles. The van der Waals surface area contributed by atoms with Crippen molar-refractivity contribution in [3.05, 3.63) is 59.9 Å². The number of methoxy groups -OCH3 is 1. The van der Waals surface area contributed by atoms with Crippen molar-refractivity contribution in [2.75, 3.05) is 12.4 Å². The third-order valence-corrected chi connectivity index (χ3v) is 2.99. The van der Waals surface area contributed by atoms with Crippen molar-refractivity contribution in [2.24, 2.45) is 0 Å². The van der Waals surface area contributed by atoms with Crippen LogP contribution in [0.5, 0.6) is 5.75 Å². The van der Waals surface area contributed by atoms with Crippen molar-refractivity contribution >= 4 is 11.6 Å². The van der Waals surface area contributed by atoms with E-state index in [1.165, 1.54) is 25.3 Å². The molecule has 2 aromatic carbocycles. The van der Waals surface area contributed by atoms with E-state index in [2.05, 4.69) is 5.32 Å². The lowest BCUT2D eigenvalue weighted by Gasteiger charge is -2.13. The van der Waals surface area contributed by atoms with Gasteiger partial charge in [-0.05, 0) is 29.8 Å². The molecular formula is C16H16FNO3. The van der Waals surface area contributed by atoms with Crippen LogP contribution in [0.15, 0.2) is 48.5 Å². The second-order valence-corrected chi connectivity index (χ2v) is 4.52. The maximum atomic E-state index is 13.1. The van der Waals surface area contributed by atoms with Crippen LogP contribution in [0.2, 0.25) is 0 Å².